The van der Waals surface area contributed by atoms with Gasteiger partial charge in [0, 0.05) is 5.69 Å². The largest absolute Gasteiger partial charge is 0.494 e. The molecule has 0 aromatic heterocycles. The first-order valence-electron chi connectivity index (χ1n) is 6.67. The van der Waals surface area contributed by atoms with Gasteiger partial charge in [-0.15, -0.1) is 0 Å². The fraction of sp³-hybridized carbons (Fsp3) is 0.250. The lowest BCUT2D eigenvalue weighted by Crippen LogP contribution is -2.03. The van der Waals surface area contributed by atoms with Crippen molar-refractivity contribution in [3.63, 3.8) is 0 Å². The number of nitrogens with two attached hydrogens (primary N) is 1. The fourth-order valence-electron chi connectivity index (χ4n) is 1.98. The molecule has 0 aliphatic rings. The van der Waals surface area contributed by atoms with Gasteiger partial charge in [0.25, 0.3) is 0 Å². The number of halogens is 1. The third kappa shape index (κ3) is 3.82. The van der Waals surface area contributed by atoms with E-state index in [9.17, 15) is 8.60 Å². The number of hydrogen-bond donors (Lipinski definition) is 1. The molecule has 0 bridgehead atoms. The van der Waals surface area contributed by atoms with Crippen LogP contribution in [0.25, 0.3) is 0 Å². The molecule has 0 fully saturated rings. The van der Waals surface area contributed by atoms with Gasteiger partial charge in [0.2, 0.25) is 0 Å². The van der Waals surface area contributed by atoms with E-state index < -0.39 is 10.8 Å². The van der Waals surface area contributed by atoms with E-state index in [1.807, 2.05) is 13.8 Å². The van der Waals surface area contributed by atoms with E-state index in [-0.39, 0.29) is 11.6 Å². The van der Waals surface area contributed by atoms with Gasteiger partial charge in [-0.2, -0.15) is 0 Å². The third-order valence-corrected chi connectivity index (χ3v) is 4.56. The van der Waals surface area contributed by atoms with Gasteiger partial charge >= 0.3 is 0 Å². The van der Waals surface area contributed by atoms with Crippen LogP contribution in [0.5, 0.6) is 5.75 Å². The Hall–Kier alpha value is -1.88. The van der Waals surface area contributed by atoms with E-state index in [0.717, 1.165) is 11.1 Å². The molecule has 1 atom stereocenters. The summed E-state index contributed by atoms with van der Waals surface area (Å²) in [5.74, 6) is 0.526. The molecule has 112 valence electrons. The lowest BCUT2D eigenvalue weighted by molar-refractivity contribution is 0.339. The zero-order valence-corrected chi connectivity index (χ0v) is 12.9. The molecule has 0 radical (unpaired) electrons. The van der Waals surface area contributed by atoms with Crippen molar-refractivity contribution in [3.8, 4) is 5.75 Å². The summed E-state index contributed by atoms with van der Waals surface area (Å²) in [6, 6.07) is 9.59. The number of anilines is 1. The molecule has 2 rings (SSSR count). The Morgan fingerprint density at radius 1 is 1.24 bits per heavy atom. The van der Waals surface area contributed by atoms with Gasteiger partial charge in [-0.3, -0.25) is 4.21 Å². The van der Waals surface area contributed by atoms with E-state index in [1.54, 1.807) is 24.3 Å². The topological polar surface area (TPSA) is 52.3 Å². The van der Waals surface area contributed by atoms with Crippen LogP contribution in [0.4, 0.5) is 10.1 Å². The second kappa shape index (κ2) is 6.72. The van der Waals surface area contributed by atoms with Gasteiger partial charge in [-0.25, -0.2) is 4.39 Å². The first kappa shape index (κ1) is 15.5. The Bertz CT molecular complexity index is 673. The molecule has 5 heteroatoms. The highest BCUT2D eigenvalue weighted by molar-refractivity contribution is 7.84. The lowest BCUT2D eigenvalue weighted by Gasteiger charge is -2.10. The third-order valence-electron chi connectivity index (χ3n) is 3.14. The van der Waals surface area contributed by atoms with Crippen molar-refractivity contribution < 1.29 is 13.3 Å². The van der Waals surface area contributed by atoms with E-state index in [4.69, 9.17) is 10.5 Å². The first-order chi connectivity index (χ1) is 10.0. The molecule has 0 heterocycles. The van der Waals surface area contributed by atoms with Crippen LogP contribution < -0.4 is 10.5 Å². The normalized spacial score (nSPS) is 12.1. The second-order valence-electron chi connectivity index (χ2n) is 4.69. The van der Waals surface area contributed by atoms with Crippen molar-refractivity contribution >= 4 is 16.5 Å². The summed E-state index contributed by atoms with van der Waals surface area (Å²) >= 11 is 0. The molecule has 1 unspecified atom stereocenters. The van der Waals surface area contributed by atoms with Crippen molar-refractivity contribution in [1.82, 2.24) is 0 Å². The maximum Gasteiger partial charge on any atom is 0.123 e. The molecule has 3 nitrogen and oxygen atoms in total. The van der Waals surface area contributed by atoms with Crippen molar-refractivity contribution in [1.29, 1.82) is 0 Å². The maximum atomic E-state index is 13.3. The van der Waals surface area contributed by atoms with Crippen LogP contribution in [0.1, 0.15) is 18.1 Å². The number of nitrogen functional groups attached to an aromatic ring is 1. The van der Waals surface area contributed by atoms with Crippen molar-refractivity contribution in [2.45, 2.75) is 24.5 Å². The molecule has 2 aromatic carbocycles. The molecule has 0 aliphatic carbocycles. The summed E-state index contributed by atoms with van der Waals surface area (Å²) in [5.41, 5.74) is 7.96. The standard InChI is InChI=1S/C16H18FNO2S/c1-3-20-14-6-7-15(18)16(9-14)21(19)10-12-8-13(17)5-4-11(12)2/h4-9H,3,10,18H2,1-2H3. The van der Waals surface area contributed by atoms with Crippen LogP contribution in [0.2, 0.25) is 0 Å². The van der Waals surface area contributed by atoms with Crippen LogP contribution in [-0.4, -0.2) is 10.8 Å². The van der Waals surface area contributed by atoms with Crippen LogP contribution >= 0.6 is 0 Å². The quantitative estimate of drug-likeness (QED) is 0.861. The summed E-state index contributed by atoms with van der Waals surface area (Å²) in [4.78, 5) is 0.518. The minimum atomic E-state index is -1.35. The fourth-order valence-corrected chi connectivity index (χ4v) is 3.31. The van der Waals surface area contributed by atoms with Gasteiger partial charge in [0.05, 0.1) is 28.1 Å². The number of aryl methyl sites for hydroxylation is 1. The predicted octanol–water partition coefficient (Wildman–Crippen LogP) is 3.42. The highest BCUT2D eigenvalue weighted by Crippen LogP contribution is 2.25. The Labute approximate surface area is 126 Å². The minimum Gasteiger partial charge on any atom is -0.494 e. The molecular formula is C16H18FNO2S. The van der Waals surface area contributed by atoms with Crippen molar-refractivity contribution in [2.75, 3.05) is 12.3 Å². The number of rotatable bonds is 5. The Kier molecular flexibility index (Phi) is 4.96. The van der Waals surface area contributed by atoms with Gasteiger partial charge in [-0.05, 0) is 55.3 Å². The average molecular weight is 307 g/mol. The lowest BCUT2D eigenvalue weighted by atomic mass is 10.1. The highest BCUT2D eigenvalue weighted by atomic mass is 32.2. The molecule has 0 aliphatic heterocycles. The monoisotopic (exact) mass is 307 g/mol. The van der Waals surface area contributed by atoms with Crippen LogP contribution in [-0.2, 0) is 16.6 Å². The summed E-state index contributed by atoms with van der Waals surface area (Å²) in [5, 5.41) is 0. The minimum absolute atomic E-state index is 0.226. The SMILES string of the molecule is CCOc1ccc(N)c(S(=O)Cc2cc(F)ccc2C)c1. The summed E-state index contributed by atoms with van der Waals surface area (Å²) in [7, 11) is -1.35. The number of hydrogen-bond acceptors (Lipinski definition) is 3. The van der Waals surface area contributed by atoms with Gasteiger partial charge < -0.3 is 10.5 Å². The smallest absolute Gasteiger partial charge is 0.123 e. The van der Waals surface area contributed by atoms with E-state index in [0.29, 0.717) is 22.9 Å². The van der Waals surface area contributed by atoms with Crippen LogP contribution in [0.15, 0.2) is 41.3 Å². The van der Waals surface area contributed by atoms with Gasteiger partial charge in [0.1, 0.15) is 11.6 Å². The first-order valence-corrected chi connectivity index (χ1v) is 7.99. The Morgan fingerprint density at radius 3 is 2.71 bits per heavy atom. The average Bonchev–Trinajstić information content (AvgIpc) is 2.45. The number of benzene rings is 2. The van der Waals surface area contributed by atoms with Crippen molar-refractivity contribution in [3.05, 3.63) is 53.3 Å². The predicted molar refractivity (Wildman–Crippen MR) is 83.3 cm³/mol. The molecule has 0 amide bonds. The molecule has 0 saturated carbocycles. The summed E-state index contributed by atoms with van der Waals surface area (Å²) < 4.78 is 31.2. The van der Waals surface area contributed by atoms with Gasteiger partial charge in [0.15, 0.2) is 0 Å². The zero-order chi connectivity index (χ0) is 15.4. The van der Waals surface area contributed by atoms with E-state index in [1.165, 1.54) is 12.1 Å². The zero-order valence-electron chi connectivity index (χ0n) is 12.1. The molecule has 0 saturated heterocycles. The molecule has 2 N–H and O–H groups in total. The highest BCUT2D eigenvalue weighted by Gasteiger charge is 2.12. The van der Waals surface area contributed by atoms with Crippen molar-refractivity contribution in [2.24, 2.45) is 0 Å². The number of ether oxygens (including phenoxy) is 1. The maximum absolute atomic E-state index is 13.3. The summed E-state index contributed by atoms with van der Waals surface area (Å²) in [6.45, 7) is 4.27. The second-order valence-corrected chi connectivity index (χ2v) is 6.11. The molecule has 0 spiro atoms. The van der Waals surface area contributed by atoms with Crippen LogP contribution in [0, 0.1) is 12.7 Å². The Morgan fingerprint density at radius 2 is 2.00 bits per heavy atom. The molecule has 21 heavy (non-hydrogen) atoms. The summed E-state index contributed by atoms with van der Waals surface area (Å²) in [6.07, 6.45) is 0. The van der Waals surface area contributed by atoms with Crippen LogP contribution in [0.3, 0.4) is 0 Å². The van der Waals surface area contributed by atoms with Gasteiger partial charge in [-0.1, -0.05) is 6.07 Å². The molecular weight excluding hydrogens is 289 g/mol. The van der Waals surface area contributed by atoms with E-state index in [2.05, 4.69) is 0 Å². The van der Waals surface area contributed by atoms with E-state index >= 15 is 0 Å². The Balaban J connectivity index is 2.27. The molecule has 2 aromatic rings.